The minimum atomic E-state index is -2.85. The highest BCUT2D eigenvalue weighted by atomic mass is 32.2. The molecule has 0 bridgehead atoms. The predicted molar refractivity (Wildman–Crippen MR) is 100 cm³/mol. The number of nitrogens with one attached hydrogen (secondary N) is 2. The molecule has 0 aromatic carbocycles. The molecule has 2 heterocycles. The minimum Gasteiger partial charge on any atom is -0.377 e. The number of sulfone groups is 1. The van der Waals surface area contributed by atoms with Crippen LogP contribution in [0.3, 0.4) is 0 Å². The molecule has 0 aromatic heterocycles. The van der Waals surface area contributed by atoms with Gasteiger partial charge in [0.25, 0.3) is 0 Å². The molecule has 3 fully saturated rings. The van der Waals surface area contributed by atoms with Crippen LogP contribution >= 0.6 is 0 Å². The normalized spacial score (nSPS) is 36.2. The summed E-state index contributed by atoms with van der Waals surface area (Å²) in [6, 6.07) is 0.321. The first-order valence-corrected chi connectivity index (χ1v) is 11.1. The van der Waals surface area contributed by atoms with Gasteiger partial charge < -0.3 is 15.4 Å². The van der Waals surface area contributed by atoms with Gasteiger partial charge in [-0.15, -0.1) is 6.58 Å². The van der Waals surface area contributed by atoms with Gasteiger partial charge in [0.2, 0.25) is 0 Å². The van der Waals surface area contributed by atoms with E-state index in [0.717, 1.165) is 19.0 Å². The molecule has 0 radical (unpaired) electrons. The van der Waals surface area contributed by atoms with Gasteiger partial charge in [0.15, 0.2) is 15.8 Å². The largest absolute Gasteiger partial charge is 0.377 e. The molecule has 142 valence electrons. The second-order valence-corrected chi connectivity index (χ2v) is 10.4. The van der Waals surface area contributed by atoms with E-state index in [-0.39, 0.29) is 17.1 Å². The zero-order valence-corrected chi connectivity index (χ0v) is 16.1. The molecule has 2 aliphatic heterocycles. The van der Waals surface area contributed by atoms with E-state index < -0.39 is 9.84 Å². The summed E-state index contributed by atoms with van der Waals surface area (Å²) < 4.78 is 29.2. The summed E-state index contributed by atoms with van der Waals surface area (Å²) in [5, 5.41) is 6.86. The molecular weight excluding hydrogens is 338 g/mol. The van der Waals surface area contributed by atoms with Gasteiger partial charge in [-0.2, -0.15) is 0 Å². The lowest BCUT2D eigenvalue weighted by Crippen LogP contribution is -2.71. The molecule has 3 rings (SSSR count). The van der Waals surface area contributed by atoms with Crippen LogP contribution in [0.2, 0.25) is 0 Å². The quantitative estimate of drug-likeness (QED) is 0.434. The summed E-state index contributed by atoms with van der Waals surface area (Å²) in [6.45, 7) is 10.3. The van der Waals surface area contributed by atoms with Crippen LogP contribution < -0.4 is 10.6 Å². The number of rotatable bonds is 5. The van der Waals surface area contributed by atoms with Crippen LogP contribution in [-0.4, -0.2) is 57.7 Å². The van der Waals surface area contributed by atoms with Crippen molar-refractivity contribution < 1.29 is 13.2 Å². The fourth-order valence-electron chi connectivity index (χ4n) is 4.52. The molecule has 1 saturated carbocycles. The SMILES string of the molecule is C=CCNC(=NCC1CCS(=O)(=O)C1)NC1C2CCCOC2C1(C)C. The van der Waals surface area contributed by atoms with Crippen molar-refractivity contribution in [3.05, 3.63) is 12.7 Å². The van der Waals surface area contributed by atoms with Gasteiger partial charge in [0, 0.05) is 37.1 Å². The van der Waals surface area contributed by atoms with Gasteiger partial charge in [0.1, 0.15) is 0 Å². The van der Waals surface area contributed by atoms with E-state index in [1.54, 1.807) is 6.08 Å². The van der Waals surface area contributed by atoms with Crippen molar-refractivity contribution in [2.24, 2.45) is 22.2 Å². The number of guanidine groups is 1. The molecule has 25 heavy (non-hydrogen) atoms. The smallest absolute Gasteiger partial charge is 0.191 e. The van der Waals surface area contributed by atoms with Crippen LogP contribution in [0.15, 0.2) is 17.6 Å². The zero-order valence-electron chi connectivity index (χ0n) is 15.3. The maximum atomic E-state index is 11.6. The summed E-state index contributed by atoms with van der Waals surface area (Å²) in [7, 11) is -2.85. The Labute approximate surface area is 151 Å². The number of fused-ring (bicyclic) bond motifs is 1. The van der Waals surface area contributed by atoms with E-state index in [1.807, 2.05) is 0 Å². The van der Waals surface area contributed by atoms with Gasteiger partial charge in [-0.25, -0.2) is 8.42 Å². The third kappa shape index (κ3) is 4.03. The monoisotopic (exact) mass is 369 g/mol. The molecular formula is C18H31N3O3S. The highest BCUT2D eigenvalue weighted by molar-refractivity contribution is 7.91. The van der Waals surface area contributed by atoms with E-state index in [2.05, 4.69) is 36.1 Å². The molecule has 0 aromatic rings. The van der Waals surface area contributed by atoms with E-state index in [4.69, 9.17) is 4.74 Å². The first-order chi connectivity index (χ1) is 11.8. The Bertz CT molecular complexity index is 629. The van der Waals surface area contributed by atoms with Crippen LogP contribution in [0.5, 0.6) is 0 Å². The molecule has 1 aliphatic carbocycles. The molecule has 2 N–H and O–H groups in total. The van der Waals surface area contributed by atoms with E-state index >= 15 is 0 Å². The number of ether oxygens (including phenoxy) is 1. The van der Waals surface area contributed by atoms with Crippen LogP contribution in [-0.2, 0) is 14.6 Å². The highest BCUT2D eigenvalue weighted by Gasteiger charge is 2.58. The lowest BCUT2D eigenvalue weighted by atomic mass is 9.55. The molecule has 2 saturated heterocycles. The van der Waals surface area contributed by atoms with Crippen molar-refractivity contribution in [1.29, 1.82) is 0 Å². The topological polar surface area (TPSA) is 79.8 Å². The minimum absolute atomic E-state index is 0.0679. The maximum absolute atomic E-state index is 11.6. The van der Waals surface area contributed by atoms with Gasteiger partial charge in [-0.3, -0.25) is 4.99 Å². The fourth-order valence-corrected chi connectivity index (χ4v) is 6.37. The average Bonchev–Trinajstić information content (AvgIpc) is 2.93. The van der Waals surface area contributed by atoms with Gasteiger partial charge in [-0.05, 0) is 25.2 Å². The van der Waals surface area contributed by atoms with Crippen molar-refractivity contribution in [1.82, 2.24) is 10.6 Å². The molecule has 7 heteroatoms. The second kappa shape index (κ2) is 7.27. The van der Waals surface area contributed by atoms with Gasteiger partial charge in [-0.1, -0.05) is 19.9 Å². The number of aliphatic imine (C=N–C) groups is 1. The lowest BCUT2D eigenvalue weighted by Gasteiger charge is -2.60. The van der Waals surface area contributed by atoms with Gasteiger partial charge in [0.05, 0.1) is 17.6 Å². The van der Waals surface area contributed by atoms with Crippen molar-refractivity contribution >= 4 is 15.8 Å². The molecule has 0 spiro atoms. The maximum Gasteiger partial charge on any atom is 0.191 e. The van der Waals surface area contributed by atoms with Crippen LogP contribution in [0.25, 0.3) is 0 Å². The Balaban J connectivity index is 1.64. The summed E-state index contributed by atoms with van der Waals surface area (Å²) in [4.78, 5) is 4.68. The molecule has 0 amide bonds. The number of nitrogens with zero attached hydrogens (tertiary/aromatic N) is 1. The second-order valence-electron chi connectivity index (χ2n) is 8.17. The first kappa shape index (κ1) is 18.7. The van der Waals surface area contributed by atoms with E-state index in [0.29, 0.717) is 43.3 Å². The van der Waals surface area contributed by atoms with E-state index in [1.165, 1.54) is 6.42 Å². The zero-order chi connectivity index (χ0) is 18.1. The number of hydrogen-bond donors (Lipinski definition) is 2. The lowest BCUT2D eigenvalue weighted by molar-refractivity contribution is -0.188. The van der Waals surface area contributed by atoms with Gasteiger partial charge >= 0.3 is 0 Å². The van der Waals surface area contributed by atoms with Crippen LogP contribution in [0.1, 0.15) is 33.1 Å². The Morgan fingerprint density at radius 1 is 1.40 bits per heavy atom. The average molecular weight is 370 g/mol. The van der Waals surface area contributed by atoms with Crippen LogP contribution in [0.4, 0.5) is 0 Å². The molecule has 6 nitrogen and oxygen atoms in total. The Kier molecular flexibility index (Phi) is 5.44. The molecule has 3 aliphatic rings. The van der Waals surface area contributed by atoms with Crippen molar-refractivity contribution in [2.75, 3.05) is 31.2 Å². The third-order valence-corrected chi connectivity index (χ3v) is 7.71. The standard InChI is InChI=1S/C18H31N3O3S/c1-4-8-19-17(20-11-13-7-10-25(22,23)12-13)21-15-14-6-5-9-24-16(14)18(15,2)3/h4,13-16H,1,5-12H2,2-3H3,(H2,19,20,21). The van der Waals surface area contributed by atoms with Crippen LogP contribution in [0, 0.1) is 17.3 Å². The van der Waals surface area contributed by atoms with Crippen molar-refractivity contribution in [3.63, 3.8) is 0 Å². The summed E-state index contributed by atoms with van der Waals surface area (Å²) in [5.41, 5.74) is 0.0679. The Hall–Kier alpha value is -1.08. The predicted octanol–water partition coefficient (Wildman–Crippen LogP) is 1.35. The summed E-state index contributed by atoms with van der Waals surface area (Å²) in [6.07, 6.45) is 5.13. The third-order valence-electron chi connectivity index (χ3n) is 5.87. The van der Waals surface area contributed by atoms with Crippen molar-refractivity contribution in [2.45, 2.75) is 45.3 Å². The fraction of sp³-hybridized carbons (Fsp3) is 0.833. The molecule has 4 unspecified atom stereocenters. The molecule has 4 atom stereocenters. The number of hydrogen-bond acceptors (Lipinski definition) is 4. The summed E-state index contributed by atoms with van der Waals surface area (Å²) >= 11 is 0. The Morgan fingerprint density at radius 2 is 2.20 bits per heavy atom. The van der Waals surface area contributed by atoms with Crippen molar-refractivity contribution in [3.8, 4) is 0 Å². The highest BCUT2D eigenvalue weighted by Crippen LogP contribution is 2.51. The summed E-state index contributed by atoms with van der Waals surface area (Å²) in [5.74, 6) is 1.97. The van der Waals surface area contributed by atoms with E-state index in [9.17, 15) is 8.42 Å². The Morgan fingerprint density at radius 3 is 2.88 bits per heavy atom. The first-order valence-electron chi connectivity index (χ1n) is 9.31.